The Morgan fingerprint density at radius 2 is 2.15 bits per heavy atom. The van der Waals surface area contributed by atoms with E-state index in [1.54, 1.807) is 0 Å². The molecule has 0 spiro atoms. The summed E-state index contributed by atoms with van der Waals surface area (Å²) in [5.74, 6) is 0.837. The predicted octanol–water partition coefficient (Wildman–Crippen LogP) is 3.75. The molecule has 20 heavy (non-hydrogen) atoms. The number of nitrogens with zero attached hydrogens (tertiary/aromatic N) is 2. The van der Waals surface area contributed by atoms with Gasteiger partial charge in [-0.15, -0.1) is 0 Å². The van der Waals surface area contributed by atoms with Crippen LogP contribution in [-0.2, 0) is 11.2 Å². The molecule has 3 heteroatoms. The van der Waals surface area contributed by atoms with E-state index in [9.17, 15) is 5.26 Å². The van der Waals surface area contributed by atoms with E-state index in [0.29, 0.717) is 0 Å². The molecule has 3 nitrogen and oxygen atoms in total. The minimum absolute atomic E-state index is 0.0960. The van der Waals surface area contributed by atoms with Crippen LogP contribution >= 0.6 is 0 Å². The first kappa shape index (κ1) is 15.0. The highest BCUT2D eigenvalue weighted by molar-refractivity contribution is 5.09. The molecule has 108 valence electrons. The maximum atomic E-state index is 9.22. The Morgan fingerprint density at radius 1 is 1.35 bits per heavy atom. The number of hydrogen-bond acceptors (Lipinski definition) is 3. The van der Waals surface area contributed by atoms with Crippen molar-refractivity contribution in [2.75, 3.05) is 6.61 Å². The normalized spacial score (nSPS) is 26.1. The van der Waals surface area contributed by atoms with Crippen LogP contribution < -0.4 is 0 Å². The van der Waals surface area contributed by atoms with E-state index < -0.39 is 0 Å². The molecule has 1 saturated carbocycles. The molecule has 0 N–H and O–H groups in total. The third-order valence-corrected chi connectivity index (χ3v) is 4.33. The SMILES string of the molecule is CCC1CCC(C#N)C(OCCCc2ccncc2)C1. The Hall–Kier alpha value is -1.40. The van der Waals surface area contributed by atoms with E-state index in [-0.39, 0.29) is 12.0 Å². The second kappa shape index (κ2) is 8.01. The zero-order valence-corrected chi connectivity index (χ0v) is 12.3. The van der Waals surface area contributed by atoms with Gasteiger partial charge < -0.3 is 4.74 Å². The van der Waals surface area contributed by atoms with E-state index in [2.05, 4.69) is 18.0 Å². The Balaban J connectivity index is 1.73. The van der Waals surface area contributed by atoms with Crippen molar-refractivity contribution in [2.45, 2.75) is 51.6 Å². The quantitative estimate of drug-likeness (QED) is 0.741. The van der Waals surface area contributed by atoms with Crippen LogP contribution in [0.15, 0.2) is 24.5 Å². The highest BCUT2D eigenvalue weighted by Gasteiger charge is 2.30. The number of aromatic nitrogens is 1. The number of ether oxygens (including phenoxy) is 1. The van der Waals surface area contributed by atoms with E-state index in [4.69, 9.17) is 4.74 Å². The first-order chi connectivity index (χ1) is 9.83. The van der Waals surface area contributed by atoms with Crippen molar-refractivity contribution < 1.29 is 4.74 Å². The second-order valence-electron chi connectivity index (χ2n) is 5.69. The van der Waals surface area contributed by atoms with Crippen LogP contribution in [0.5, 0.6) is 0 Å². The van der Waals surface area contributed by atoms with E-state index in [0.717, 1.165) is 38.2 Å². The van der Waals surface area contributed by atoms with Gasteiger partial charge in [0.1, 0.15) is 0 Å². The van der Waals surface area contributed by atoms with Gasteiger partial charge in [0.05, 0.1) is 18.1 Å². The largest absolute Gasteiger partial charge is 0.377 e. The summed E-state index contributed by atoms with van der Waals surface area (Å²) in [6.07, 6.45) is 10.3. The number of nitriles is 1. The van der Waals surface area contributed by atoms with E-state index in [1.165, 1.54) is 18.4 Å². The van der Waals surface area contributed by atoms with Gasteiger partial charge in [-0.1, -0.05) is 13.3 Å². The van der Waals surface area contributed by atoms with Crippen molar-refractivity contribution in [1.82, 2.24) is 4.98 Å². The van der Waals surface area contributed by atoms with Gasteiger partial charge in [0.2, 0.25) is 0 Å². The molecule has 1 aromatic rings. The average molecular weight is 272 g/mol. The molecule has 2 rings (SSSR count). The molecule has 1 aliphatic carbocycles. The van der Waals surface area contributed by atoms with Crippen LogP contribution in [0.3, 0.4) is 0 Å². The van der Waals surface area contributed by atoms with Gasteiger partial charge in [-0.3, -0.25) is 4.98 Å². The fraction of sp³-hybridized carbons (Fsp3) is 0.647. The van der Waals surface area contributed by atoms with Gasteiger partial charge >= 0.3 is 0 Å². The highest BCUT2D eigenvalue weighted by atomic mass is 16.5. The Morgan fingerprint density at radius 3 is 2.85 bits per heavy atom. The molecule has 0 aliphatic heterocycles. The van der Waals surface area contributed by atoms with Crippen LogP contribution in [0.25, 0.3) is 0 Å². The smallest absolute Gasteiger partial charge is 0.0735 e. The molecule has 3 atom stereocenters. The van der Waals surface area contributed by atoms with Gasteiger partial charge in [0.15, 0.2) is 0 Å². The summed E-state index contributed by atoms with van der Waals surface area (Å²) in [5, 5.41) is 9.22. The summed E-state index contributed by atoms with van der Waals surface area (Å²) in [6, 6.07) is 6.52. The summed E-state index contributed by atoms with van der Waals surface area (Å²) >= 11 is 0. The molecular formula is C17H24N2O. The maximum Gasteiger partial charge on any atom is 0.0735 e. The monoisotopic (exact) mass is 272 g/mol. The van der Waals surface area contributed by atoms with Crippen LogP contribution in [0.2, 0.25) is 0 Å². The van der Waals surface area contributed by atoms with Gasteiger partial charge in [-0.25, -0.2) is 0 Å². The van der Waals surface area contributed by atoms with Crippen LogP contribution in [0.4, 0.5) is 0 Å². The molecule has 1 heterocycles. The molecule has 1 aromatic heterocycles. The lowest BCUT2D eigenvalue weighted by Gasteiger charge is -2.32. The van der Waals surface area contributed by atoms with Gasteiger partial charge in [0.25, 0.3) is 0 Å². The van der Waals surface area contributed by atoms with E-state index >= 15 is 0 Å². The predicted molar refractivity (Wildman–Crippen MR) is 79.0 cm³/mol. The second-order valence-corrected chi connectivity index (χ2v) is 5.69. The zero-order chi connectivity index (χ0) is 14.2. The van der Waals surface area contributed by atoms with Crippen LogP contribution in [0, 0.1) is 23.2 Å². The molecule has 0 bridgehead atoms. The summed E-state index contributed by atoms with van der Waals surface area (Å²) in [6.45, 7) is 2.99. The molecule has 3 unspecified atom stereocenters. The molecular weight excluding hydrogens is 248 g/mol. The number of hydrogen-bond donors (Lipinski definition) is 0. The van der Waals surface area contributed by atoms with Crippen molar-refractivity contribution in [3.8, 4) is 6.07 Å². The van der Waals surface area contributed by atoms with Crippen LogP contribution in [0.1, 0.15) is 44.6 Å². The van der Waals surface area contributed by atoms with Crippen molar-refractivity contribution >= 4 is 0 Å². The standard InChI is InChI=1S/C17H24N2O/c1-2-14-5-6-16(13-18)17(12-14)20-11-3-4-15-7-9-19-10-8-15/h7-10,14,16-17H,2-6,11-12H2,1H3. The number of rotatable bonds is 6. The Bertz CT molecular complexity index is 426. The first-order valence-electron chi connectivity index (χ1n) is 7.73. The topological polar surface area (TPSA) is 45.9 Å². The van der Waals surface area contributed by atoms with Crippen molar-refractivity contribution in [3.05, 3.63) is 30.1 Å². The summed E-state index contributed by atoms with van der Waals surface area (Å²) < 4.78 is 6.00. The highest BCUT2D eigenvalue weighted by Crippen LogP contribution is 2.32. The third-order valence-electron chi connectivity index (χ3n) is 4.33. The zero-order valence-electron chi connectivity index (χ0n) is 12.3. The van der Waals surface area contributed by atoms with Gasteiger partial charge in [0, 0.05) is 19.0 Å². The van der Waals surface area contributed by atoms with Gasteiger partial charge in [-0.2, -0.15) is 5.26 Å². The molecule has 1 fully saturated rings. The van der Waals surface area contributed by atoms with Crippen molar-refractivity contribution in [2.24, 2.45) is 11.8 Å². The summed E-state index contributed by atoms with van der Waals surface area (Å²) in [7, 11) is 0. The summed E-state index contributed by atoms with van der Waals surface area (Å²) in [4.78, 5) is 4.02. The third kappa shape index (κ3) is 4.31. The van der Waals surface area contributed by atoms with Gasteiger partial charge in [-0.05, 0) is 55.7 Å². The molecule has 1 aliphatic rings. The molecule has 0 amide bonds. The van der Waals surface area contributed by atoms with E-state index in [1.807, 2.05) is 24.5 Å². The molecule has 0 aromatic carbocycles. The minimum atomic E-state index is 0.0960. The maximum absolute atomic E-state index is 9.22. The lowest BCUT2D eigenvalue weighted by molar-refractivity contribution is -0.0109. The fourth-order valence-corrected chi connectivity index (χ4v) is 2.97. The number of aryl methyl sites for hydroxylation is 1. The molecule has 0 radical (unpaired) electrons. The average Bonchev–Trinajstić information content (AvgIpc) is 2.52. The fourth-order valence-electron chi connectivity index (χ4n) is 2.97. The lowest BCUT2D eigenvalue weighted by atomic mass is 9.79. The molecule has 0 saturated heterocycles. The van der Waals surface area contributed by atoms with Crippen molar-refractivity contribution in [1.29, 1.82) is 5.26 Å². The minimum Gasteiger partial charge on any atom is -0.377 e. The van der Waals surface area contributed by atoms with Crippen molar-refractivity contribution in [3.63, 3.8) is 0 Å². The first-order valence-corrected chi connectivity index (χ1v) is 7.73. The number of pyridine rings is 1. The Labute approximate surface area is 122 Å². The van der Waals surface area contributed by atoms with Crippen LogP contribution in [-0.4, -0.2) is 17.7 Å². The summed E-state index contributed by atoms with van der Waals surface area (Å²) in [5.41, 5.74) is 1.30. The Kier molecular flexibility index (Phi) is 6.01. The lowest BCUT2D eigenvalue weighted by Crippen LogP contribution is -2.31.